The second-order valence-corrected chi connectivity index (χ2v) is 8.01. The van der Waals surface area contributed by atoms with E-state index in [4.69, 9.17) is 0 Å². The molecule has 4 nitrogen and oxygen atoms in total. The number of amides is 1. The molecule has 0 aliphatic heterocycles. The van der Waals surface area contributed by atoms with Gasteiger partial charge in [0.1, 0.15) is 5.82 Å². The monoisotopic (exact) mass is 407 g/mol. The van der Waals surface area contributed by atoms with Crippen LogP contribution >= 0.6 is 0 Å². The normalized spacial score (nSPS) is 11.1. The molecule has 0 aliphatic carbocycles. The van der Waals surface area contributed by atoms with Crippen LogP contribution in [0.3, 0.4) is 0 Å². The van der Waals surface area contributed by atoms with Gasteiger partial charge >= 0.3 is 0 Å². The first kappa shape index (κ1) is 21.8. The summed E-state index contributed by atoms with van der Waals surface area (Å²) in [6, 6.07) is 20.6. The zero-order chi connectivity index (χ0) is 21.3. The van der Waals surface area contributed by atoms with Crippen molar-refractivity contribution in [2.45, 2.75) is 33.5 Å². The minimum atomic E-state index is -0.236. The van der Waals surface area contributed by atoms with Gasteiger partial charge in [0.15, 0.2) is 0 Å². The van der Waals surface area contributed by atoms with Crippen molar-refractivity contribution in [3.05, 3.63) is 95.6 Å². The van der Waals surface area contributed by atoms with Gasteiger partial charge in [-0.2, -0.15) is 0 Å². The van der Waals surface area contributed by atoms with Crippen molar-refractivity contribution in [1.29, 1.82) is 0 Å². The van der Waals surface area contributed by atoms with E-state index in [0.717, 1.165) is 23.4 Å². The Kier molecular flexibility index (Phi) is 7.80. The second kappa shape index (κ2) is 10.7. The van der Waals surface area contributed by atoms with E-state index in [1.807, 2.05) is 53.6 Å². The molecule has 0 aliphatic rings. The Bertz CT molecular complexity index is 919. The summed E-state index contributed by atoms with van der Waals surface area (Å²) in [6.45, 7) is 7.11. The lowest BCUT2D eigenvalue weighted by molar-refractivity contribution is -0.131. The number of benzene rings is 2. The Balaban J connectivity index is 1.73. The first-order valence-electron chi connectivity index (χ1n) is 10.4. The Morgan fingerprint density at radius 1 is 0.967 bits per heavy atom. The average Bonchev–Trinajstić information content (AvgIpc) is 3.16. The summed E-state index contributed by atoms with van der Waals surface area (Å²) in [4.78, 5) is 14.9. The van der Waals surface area contributed by atoms with Crippen LogP contribution in [0.5, 0.6) is 0 Å². The number of nitrogens with zero attached hydrogens (tertiary/aromatic N) is 2. The Morgan fingerprint density at radius 2 is 1.70 bits per heavy atom. The minimum absolute atomic E-state index is 0.0778. The predicted molar refractivity (Wildman–Crippen MR) is 118 cm³/mol. The highest BCUT2D eigenvalue weighted by Crippen LogP contribution is 2.14. The molecule has 3 aromatic rings. The molecule has 1 amide bonds. The molecule has 0 bridgehead atoms. The fourth-order valence-electron chi connectivity index (χ4n) is 3.34. The standard InChI is InChI=1S/C25H30FN3O/c1-20(2)15-27-16-25(30)29(18-21-7-4-3-5-8-21)19-24-9-6-14-28(24)17-22-10-12-23(26)13-11-22/h3-14,20,27H,15-19H2,1-2H3. The number of rotatable bonds is 10. The number of hydrogen-bond acceptors (Lipinski definition) is 2. The van der Waals surface area contributed by atoms with Gasteiger partial charge in [-0.15, -0.1) is 0 Å². The Morgan fingerprint density at radius 3 is 2.40 bits per heavy atom. The van der Waals surface area contributed by atoms with Crippen LogP contribution in [-0.4, -0.2) is 28.5 Å². The molecule has 1 aromatic heterocycles. The lowest BCUT2D eigenvalue weighted by Gasteiger charge is -2.24. The Labute approximate surface area is 178 Å². The molecule has 30 heavy (non-hydrogen) atoms. The molecule has 0 saturated carbocycles. The van der Waals surface area contributed by atoms with E-state index >= 15 is 0 Å². The number of carbonyl (C=O) groups excluding carboxylic acids is 1. The van der Waals surface area contributed by atoms with Crippen LogP contribution in [0.1, 0.15) is 30.7 Å². The summed E-state index contributed by atoms with van der Waals surface area (Å²) in [6.07, 6.45) is 2.00. The van der Waals surface area contributed by atoms with Crippen LogP contribution in [0.25, 0.3) is 0 Å². The highest BCUT2D eigenvalue weighted by molar-refractivity contribution is 5.78. The summed E-state index contributed by atoms with van der Waals surface area (Å²) in [5, 5.41) is 3.26. The molecule has 0 atom stereocenters. The second-order valence-electron chi connectivity index (χ2n) is 8.01. The van der Waals surface area contributed by atoms with Crippen LogP contribution in [-0.2, 0) is 24.4 Å². The average molecular weight is 408 g/mol. The van der Waals surface area contributed by atoms with E-state index in [1.54, 1.807) is 12.1 Å². The van der Waals surface area contributed by atoms with E-state index in [9.17, 15) is 9.18 Å². The van der Waals surface area contributed by atoms with Gasteiger partial charge in [0, 0.05) is 25.0 Å². The van der Waals surface area contributed by atoms with E-state index in [2.05, 4.69) is 23.7 Å². The maximum atomic E-state index is 13.2. The molecule has 1 heterocycles. The van der Waals surface area contributed by atoms with Crippen LogP contribution in [0, 0.1) is 11.7 Å². The van der Waals surface area contributed by atoms with Gasteiger partial charge in [-0.3, -0.25) is 4.79 Å². The molecular formula is C25H30FN3O. The Hall–Kier alpha value is -2.92. The number of halogens is 1. The molecular weight excluding hydrogens is 377 g/mol. The maximum Gasteiger partial charge on any atom is 0.237 e. The molecule has 0 spiro atoms. The first-order valence-corrected chi connectivity index (χ1v) is 10.4. The zero-order valence-electron chi connectivity index (χ0n) is 17.7. The molecule has 0 radical (unpaired) electrons. The lowest BCUT2D eigenvalue weighted by Crippen LogP contribution is -2.38. The van der Waals surface area contributed by atoms with Gasteiger partial charge in [-0.25, -0.2) is 4.39 Å². The maximum absolute atomic E-state index is 13.2. The third kappa shape index (κ3) is 6.56. The van der Waals surface area contributed by atoms with Crippen molar-refractivity contribution >= 4 is 5.91 Å². The smallest absolute Gasteiger partial charge is 0.237 e. The quantitative estimate of drug-likeness (QED) is 0.539. The molecule has 2 aromatic carbocycles. The summed E-state index contributed by atoms with van der Waals surface area (Å²) < 4.78 is 15.3. The number of hydrogen-bond donors (Lipinski definition) is 1. The van der Waals surface area contributed by atoms with Gasteiger partial charge < -0.3 is 14.8 Å². The summed E-state index contributed by atoms with van der Waals surface area (Å²) in [5.74, 6) is 0.336. The topological polar surface area (TPSA) is 37.3 Å². The molecule has 1 N–H and O–H groups in total. The minimum Gasteiger partial charge on any atom is -0.345 e. The van der Waals surface area contributed by atoms with Crippen LogP contribution in [0.4, 0.5) is 4.39 Å². The number of aromatic nitrogens is 1. The molecule has 0 fully saturated rings. The highest BCUT2D eigenvalue weighted by atomic mass is 19.1. The van der Waals surface area contributed by atoms with Gasteiger partial charge in [0.2, 0.25) is 5.91 Å². The third-order valence-corrected chi connectivity index (χ3v) is 4.94. The van der Waals surface area contributed by atoms with Crippen molar-refractivity contribution < 1.29 is 9.18 Å². The molecule has 0 unspecified atom stereocenters. The summed E-state index contributed by atoms with van der Waals surface area (Å²) >= 11 is 0. The van der Waals surface area contributed by atoms with Crippen molar-refractivity contribution in [1.82, 2.24) is 14.8 Å². The van der Waals surface area contributed by atoms with Gasteiger partial charge in [0.25, 0.3) is 0 Å². The van der Waals surface area contributed by atoms with Gasteiger partial charge in [-0.05, 0) is 47.9 Å². The number of carbonyl (C=O) groups is 1. The van der Waals surface area contributed by atoms with Crippen molar-refractivity contribution in [2.24, 2.45) is 5.92 Å². The van der Waals surface area contributed by atoms with E-state index in [1.165, 1.54) is 12.1 Å². The van der Waals surface area contributed by atoms with E-state index in [0.29, 0.717) is 32.1 Å². The molecule has 0 saturated heterocycles. The van der Waals surface area contributed by atoms with Crippen LogP contribution in [0.2, 0.25) is 0 Å². The molecule has 5 heteroatoms. The lowest BCUT2D eigenvalue weighted by atomic mass is 10.2. The molecule has 3 rings (SSSR count). The SMILES string of the molecule is CC(C)CNCC(=O)N(Cc1ccccc1)Cc1cccn1Cc1ccc(F)cc1. The molecule has 158 valence electrons. The zero-order valence-corrected chi connectivity index (χ0v) is 17.7. The number of nitrogens with one attached hydrogen (secondary N) is 1. The fourth-order valence-corrected chi connectivity index (χ4v) is 3.34. The predicted octanol–water partition coefficient (Wildman–Crippen LogP) is 4.45. The van der Waals surface area contributed by atoms with Gasteiger partial charge in [-0.1, -0.05) is 56.3 Å². The van der Waals surface area contributed by atoms with Crippen molar-refractivity contribution in [3.63, 3.8) is 0 Å². The van der Waals surface area contributed by atoms with Crippen molar-refractivity contribution in [2.75, 3.05) is 13.1 Å². The van der Waals surface area contributed by atoms with E-state index < -0.39 is 0 Å². The third-order valence-electron chi connectivity index (χ3n) is 4.94. The summed E-state index contributed by atoms with van der Waals surface area (Å²) in [7, 11) is 0. The fraction of sp³-hybridized carbons (Fsp3) is 0.320. The highest BCUT2D eigenvalue weighted by Gasteiger charge is 2.16. The van der Waals surface area contributed by atoms with Crippen molar-refractivity contribution in [3.8, 4) is 0 Å². The largest absolute Gasteiger partial charge is 0.345 e. The van der Waals surface area contributed by atoms with E-state index in [-0.39, 0.29) is 11.7 Å². The van der Waals surface area contributed by atoms with Crippen LogP contribution < -0.4 is 5.32 Å². The summed E-state index contributed by atoms with van der Waals surface area (Å²) in [5.41, 5.74) is 3.17. The van der Waals surface area contributed by atoms with Gasteiger partial charge in [0.05, 0.1) is 13.1 Å². The first-order chi connectivity index (χ1) is 14.5. The van der Waals surface area contributed by atoms with Crippen LogP contribution in [0.15, 0.2) is 72.9 Å².